The maximum atomic E-state index is 11.3. The zero-order chi connectivity index (χ0) is 23.4. The van der Waals surface area contributed by atoms with Gasteiger partial charge in [-0.1, -0.05) is 17.3 Å². The van der Waals surface area contributed by atoms with Crippen molar-refractivity contribution in [2.24, 2.45) is 0 Å². The van der Waals surface area contributed by atoms with Gasteiger partial charge in [0, 0.05) is 6.07 Å². The summed E-state index contributed by atoms with van der Waals surface area (Å²) < 4.78 is 15.8. The van der Waals surface area contributed by atoms with Crippen LogP contribution < -0.4 is 9.47 Å². The summed E-state index contributed by atoms with van der Waals surface area (Å²) in [6, 6.07) is 7.56. The first-order valence-electron chi connectivity index (χ1n) is 8.78. The summed E-state index contributed by atoms with van der Waals surface area (Å²) in [6.07, 6.45) is 2.89. The molecule has 2 aromatic carbocycles. The maximum Gasteiger partial charge on any atom is 0.338 e. The molecule has 3 rings (SSSR count). The minimum Gasteiger partial charge on any atom is -0.493 e. The van der Waals surface area contributed by atoms with E-state index in [0.29, 0.717) is 5.56 Å². The van der Waals surface area contributed by atoms with Gasteiger partial charge < -0.3 is 14.0 Å². The molecule has 0 aliphatic carbocycles. The van der Waals surface area contributed by atoms with Crippen LogP contribution in [-0.2, 0) is 0 Å². The van der Waals surface area contributed by atoms with Crippen LogP contribution >= 0.6 is 0 Å². The van der Waals surface area contributed by atoms with Gasteiger partial charge in [-0.25, -0.2) is 0 Å². The highest BCUT2D eigenvalue weighted by molar-refractivity contribution is 5.73. The van der Waals surface area contributed by atoms with Gasteiger partial charge in [0.25, 0.3) is 5.69 Å². The molecule has 0 atom stereocenters. The predicted molar refractivity (Wildman–Crippen MR) is 110 cm³/mol. The molecular formula is C19H14N4O9. The van der Waals surface area contributed by atoms with Crippen molar-refractivity contribution in [3.05, 3.63) is 83.8 Å². The molecular weight excluding hydrogens is 428 g/mol. The number of benzene rings is 2. The van der Waals surface area contributed by atoms with Gasteiger partial charge in [0.15, 0.2) is 17.2 Å². The van der Waals surface area contributed by atoms with Gasteiger partial charge >= 0.3 is 11.4 Å². The molecule has 0 aliphatic heterocycles. The molecule has 0 fully saturated rings. The Morgan fingerprint density at radius 3 is 2.25 bits per heavy atom. The van der Waals surface area contributed by atoms with Crippen molar-refractivity contribution in [3.63, 3.8) is 0 Å². The molecule has 0 unspecified atom stereocenters. The monoisotopic (exact) mass is 442 g/mol. The number of non-ortho nitro benzene ring substituents is 1. The predicted octanol–water partition coefficient (Wildman–Crippen LogP) is 4.68. The summed E-state index contributed by atoms with van der Waals surface area (Å²) in [7, 11) is 1.35. The van der Waals surface area contributed by atoms with Crippen molar-refractivity contribution in [3.8, 4) is 17.2 Å². The van der Waals surface area contributed by atoms with Crippen molar-refractivity contribution < 1.29 is 28.8 Å². The van der Waals surface area contributed by atoms with Gasteiger partial charge in [0.2, 0.25) is 11.5 Å². The van der Waals surface area contributed by atoms with Gasteiger partial charge in [0.05, 0.1) is 27.9 Å². The standard InChI is InChI=1S/C19H14N4O9/c1-11-19(23(28)29)17(32-20-11)7-4-12-3-6-16(18(9-12)30-2)31-15-8-5-13(21(24)25)10-14(15)22(26)27/h3-10H,1-2H3/b7-4-. The minimum absolute atomic E-state index is 0.0340. The maximum absolute atomic E-state index is 11.3. The van der Waals surface area contributed by atoms with Crippen LogP contribution in [0, 0.1) is 37.3 Å². The summed E-state index contributed by atoms with van der Waals surface area (Å²) in [5.41, 5.74) is -0.596. The van der Waals surface area contributed by atoms with Gasteiger partial charge in [-0.3, -0.25) is 30.3 Å². The number of aromatic nitrogens is 1. The first kappa shape index (κ1) is 21.9. The first-order chi connectivity index (χ1) is 15.2. The highest BCUT2D eigenvalue weighted by Crippen LogP contribution is 2.38. The summed E-state index contributed by atoms with van der Waals surface area (Å²) >= 11 is 0. The lowest BCUT2D eigenvalue weighted by atomic mass is 10.1. The molecule has 0 spiro atoms. The molecule has 13 nitrogen and oxygen atoms in total. The SMILES string of the molecule is COc1cc(/C=C\c2onc(C)c2[N+](=O)[O-])ccc1Oc1ccc([N+](=O)[O-])cc1[N+](=O)[O-]. The highest BCUT2D eigenvalue weighted by atomic mass is 16.6. The van der Waals surface area contributed by atoms with E-state index >= 15 is 0 Å². The summed E-state index contributed by atoms with van der Waals surface area (Å²) in [6.45, 7) is 1.45. The number of nitrogens with zero attached hydrogens (tertiary/aromatic N) is 4. The summed E-state index contributed by atoms with van der Waals surface area (Å²) in [5.74, 6) is 0.0643. The number of hydrogen-bond donors (Lipinski definition) is 0. The number of ether oxygens (including phenoxy) is 2. The zero-order valence-electron chi connectivity index (χ0n) is 16.6. The average molecular weight is 442 g/mol. The number of hydrogen-bond acceptors (Lipinski definition) is 10. The van der Waals surface area contributed by atoms with E-state index in [1.807, 2.05) is 0 Å². The van der Waals surface area contributed by atoms with Crippen molar-refractivity contribution in [1.82, 2.24) is 5.16 Å². The minimum atomic E-state index is -0.793. The van der Waals surface area contributed by atoms with Crippen molar-refractivity contribution in [1.29, 1.82) is 0 Å². The van der Waals surface area contributed by atoms with E-state index in [9.17, 15) is 30.3 Å². The van der Waals surface area contributed by atoms with Gasteiger partial charge in [0.1, 0.15) is 0 Å². The number of methoxy groups -OCH3 is 1. The Morgan fingerprint density at radius 2 is 1.62 bits per heavy atom. The number of rotatable bonds is 8. The molecule has 0 N–H and O–H groups in total. The summed E-state index contributed by atoms with van der Waals surface area (Å²) in [5, 5.41) is 36.9. The molecule has 3 aromatic rings. The van der Waals surface area contributed by atoms with Crippen molar-refractivity contribution in [2.75, 3.05) is 7.11 Å². The molecule has 0 amide bonds. The van der Waals surface area contributed by atoms with Crippen LogP contribution in [0.5, 0.6) is 17.2 Å². The fourth-order valence-corrected chi connectivity index (χ4v) is 2.72. The van der Waals surface area contributed by atoms with E-state index < -0.39 is 26.1 Å². The normalized spacial score (nSPS) is 10.8. The topological polar surface area (TPSA) is 174 Å². The largest absolute Gasteiger partial charge is 0.493 e. The van der Waals surface area contributed by atoms with Crippen LogP contribution in [0.4, 0.5) is 17.1 Å². The van der Waals surface area contributed by atoms with E-state index in [-0.39, 0.29) is 34.4 Å². The Hall–Kier alpha value is -4.81. The molecule has 164 valence electrons. The van der Waals surface area contributed by atoms with Crippen LogP contribution in [-0.4, -0.2) is 27.0 Å². The fourth-order valence-electron chi connectivity index (χ4n) is 2.72. The molecule has 0 aliphatic rings. The smallest absolute Gasteiger partial charge is 0.338 e. The third kappa shape index (κ3) is 4.51. The van der Waals surface area contributed by atoms with Crippen LogP contribution in [0.1, 0.15) is 17.0 Å². The van der Waals surface area contributed by atoms with Gasteiger partial charge in [-0.15, -0.1) is 0 Å². The summed E-state index contributed by atoms with van der Waals surface area (Å²) in [4.78, 5) is 31.1. The zero-order valence-corrected chi connectivity index (χ0v) is 16.6. The van der Waals surface area contributed by atoms with Crippen LogP contribution in [0.25, 0.3) is 12.2 Å². The van der Waals surface area contributed by atoms with E-state index in [1.54, 1.807) is 6.07 Å². The molecule has 0 saturated carbocycles. The molecule has 1 heterocycles. The molecule has 32 heavy (non-hydrogen) atoms. The second-order valence-corrected chi connectivity index (χ2v) is 6.25. The second-order valence-electron chi connectivity index (χ2n) is 6.25. The van der Waals surface area contributed by atoms with Crippen molar-refractivity contribution >= 4 is 29.2 Å². The van der Waals surface area contributed by atoms with E-state index in [0.717, 1.165) is 18.2 Å². The van der Waals surface area contributed by atoms with Crippen molar-refractivity contribution in [2.45, 2.75) is 6.92 Å². The average Bonchev–Trinajstić information content (AvgIpc) is 3.13. The van der Waals surface area contributed by atoms with Crippen LogP contribution in [0.3, 0.4) is 0 Å². The van der Waals surface area contributed by atoms with Gasteiger partial charge in [-0.05, 0) is 36.8 Å². The van der Waals surface area contributed by atoms with Crippen LogP contribution in [0.15, 0.2) is 40.9 Å². The fraction of sp³-hybridized carbons (Fsp3) is 0.105. The molecule has 0 radical (unpaired) electrons. The van der Waals surface area contributed by atoms with Crippen LogP contribution in [0.2, 0.25) is 0 Å². The Morgan fingerprint density at radius 1 is 0.906 bits per heavy atom. The lowest BCUT2D eigenvalue weighted by Crippen LogP contribution is -1.97. The lowest BCUT2D eigenvalue weighted by Gasteiger charge is -2.11. The number of aryl methyl sites for hydroxylation is 1. The molecule has 0 bridgehead atoms. The Labute approximate surface area is 178 Å². The second kappa shape index (κ2) is 8.91. The number of nitro benzene ring substituents is 2. The van der Waals surface area contributed by atoms with Gasteiger partial charge in [-0.2, -0.15) is 0 Å². The Bertz CT molecular complexity index is 1250. The molecule has 0 saturated heterocycles. The van der Waals surface area contributed by atoms with E-state index in [2.05, 4.69) is 5.16 Å². The first-order valence-corrected chi connectivity index (χ1v) is 8.78. The quantitative estimate of drug-likeness (QED) is 0.352. The third-order valence-corrected chi connectivity index (χ3v) is 4.22. The molecule has 13 heteroatoms. The Kier molecular flexibility index (Phi) is 6.09. The third-order valence-electron chi connectivity index (χ3n) is 4.22. The lowest BCUT2D eigenvalue weighted by molar-refractivity contribution is -0.394. The number of nitro groups is 3. The molecule has 1 aromatic heterocycles. The van der Waals surface area contributed by atoms with E-state index in [4.69, 9.17) is 14.0 Å². The Balaban J connectivity index is 1.91. The van der Waals surface area contributed by atoms with E-state index in [1.165, 1.54) is 38.3 Å². The highest BCUT2D eigenvalue weighted by Gasteiger charge is 2.23.